The number of likely N-dealkylation sites (tertiary alicyclic amines) is 1. The third kappa shape index (κ3) is 16.7. The minimum atomic E-state index is -0.460. The fourth-order valence-electron chi connectivity index (χ4n) is 3.14. The molecule has 0 aromatic rings. The van der Waals surface area contributed by atoms with E-state index in [1.807, 2.05) is 20.8 Å². The van der Waals surface area contributed by atoms with Crippen LogP contribution in [-0.2, 0) is 4.74 Å². The van der Waals surface area contributed by atoms with Crippen molar-refractivity contribution < 1.29 is 9.53 Å². The predicted octanol–water partition coefficient (Wildman–Crippen LogP) is 3.73. The van der Waals surface area contributed by atoms with Gasteiger partial charge in [0.05, 0.1) is 0 Å². The molecule has 1 aliphatic rings. The lowest BCUT2D eigenvalue weighted by Gasteiger charge is -2.26. The maximum Gasteiger partial charge on any atom is 0.407 e. The zero-order valence-corrected chi connectivity index (χ0v) is 21.3. The Kier molecular flexibility index (Phi) is 16.5. The standard InChI is InChI=1S/C21H43N5O2.HI/c1-5-22-19(24-14-12-15-25-20(27)28-21(2,3)4)23-13-8-6-9-16-26-17-10-7-11-18-26;/h5-18H2,1-4H3,(H,25,27)(H2,22,23,24);1H. The van der Waals surface area contributed by atoms with Gasteiger partial charge in [0.2, 0.25) is 0 Å². The molecule has 0 atom stereocenters. The van der Waals surface area contributed by atoms with Crippen LogP contribution in [0.5, 0.6) is 0 Å². The van der Waals surface area contributed by atoms with Crippen LogP contribution in [0.25, 0.3) is 0 Å². The molecule has 1 amide bonds. The molecule has 3 N–H and O–H groups in total. The van der Waals surface area contributed by atoms with Crippen molar-refractivity contribution in [2.45, 2.75) is 78.2 Å². The average molecular weight is 526 g/mol. The van der Waals surface area contributed by atoms with E-state index >= 15 is 0 Å². The van der Waals surface area contributed by atoms with E-state index in [0.717, 1.165) is 25.5 Å². The topological polar surface area (TPSA) is 78.0 Å². The molecule has 0 aromatic heterocycles. The minimum absolute atomic E-state index is 0. The third-order valence-electron chi connectivity index (χ3n) is 4.51. The van der Waals surface area contributed by atoms with Crippen LogP contribution in [0.15, 0.2) is 4.99 Å². The van der Waals surface area contributed by atoms with Gasteiger partial charge in [0.25, 0.3) is 0 Å². The van der Waals surface area contributed by atoms with E-state index in [4.69, 9.17) is 4.74 Å². The Balaban J connectivity index is 0.00000784. The summed E-state index contributed by atoms with van der Waals surface area (Å²) in [7, 11) is 0. The first-order valence-electron chi connectivity index (χ1n) is 11.1. The number of unbranched alkanes of at least 4 members (excludes halogenated alkanes) is 2. The zero-order chi connectivity index (χ0) is 20.7. The van der Waals surface area contributed by atoms with E-state index in [2.05, 4.69) is 32.8 Å². The van der Waals surface area contributed by atoms with E-state index in [0.29, 0.717) is 13.1 Å². The lowest BCUT2D eigenvalue weighted by atomic mass is 10.1. The number of nitrogens with zero attached hydrogens (tertiary/aromatic N) is 2. The van der Waals surface area contributed by atoms with E-state index in [1.54, 1.807) is 0 Å². The number of rotatable bonds is 11. The average Bonchev–Trinajstić information content (AvgIpc) is 2.63. The van der Waals surface area contributed by atoms with Crippen molar-refractivity contribution in [3.63, 3.8) is 0 Å². The fraction of sp³-hybridized carbons (Fsp3) is 0.905. The Morgan fingerprint density at radius 1 is 0.966 bits per heavy atom. The summed E-state index contributed by atoms with van der Waals surface area (Å²) in [5.74, 6) is 0.857. The van der Waals surface area contributed by atoms with Crippen molar-refractivity contribution in [1.82, 2.24) is 20.9 Å². The number of amides is 1. The quantitative estimate of drug-likeness (QED) is 0.166. The number of nitrogens with one attached hydrogen (secondary N) is 3. The highest BCUT2D eigenvalue weighted by Gasteiger charge is 2.15. The summed E-state index contributed by atoms with van der Waals surface area (Å²) in [4.78, 5) is 18.8. The van der Waals surface area contributed by atoms with Crippen molar-refractivity contribution >= 4 is 36.0 Å². The smallest absolute Gasteiger partial charge is 0.407 e. The van der Waals surface area contributed by atoms with Crippen LogP contribution >= 0.6 is 24.0 Å². The van der Waals surface area contributed by atoms with Crippen molar-refractivity contribution in [2.24, 2.45) is 4.99 Å². The molecule has 1 heterocycles. The summed E-state index contributed by atoms with van der Waals surface area (Å²) in [5, 5.41) is 9.44. The van der Waals surface area contributed by atoms with E-state index in [1.165, 1.54) is 58.2 Å². The summed E-state index contributed by atoms with van der Waals surface area (Å²) >= 11 is 0. The van der Waals surface area contributed by atoms with Gasteiger partial charge in [-0.05, 0) is 79.4 Å². The maximum atomic E-state index is 11.6. The van der Waals surface area contributed by atoms with Crippen molar-refractivity contribution in [3.8, 4) is 0 Å². The number of carbonyl (C=O) groups excluding carboxylic acids is 1. The van der Waals surface area contributed by atoms with E-state index in [-0.39, 0.29) is 30.1 Å². The lowest BCUT2D eigenvalue weighted by Crippen LogP contribution is -2.38. The molecular weight excluding hydrogens is 481 g/mol. The second kappa shape index (κ2) is 17.0. The Hall–Kier alpha value is -0.770. The van der Waals surface area contributed by atoms with Crippen LogP contribution in [0.3, 0.4) is 0 Å². The SMILES string of the molecule is CCNC(=NCCCNC(=O)OC(C)(C)C)NCCCCCN1CCCCC1.I. The molecule has 1 aliphatic heterocycles. The molecule has 1 rings (SSSR count). The highest BCUT2D eigenvalue weighted by molar-refractivity contribution is 14.0. The fourth-order valence-corrected chi connectivity index (χ4v) is 3.14. The molecule has 0 spiro atoms. The number of piperidine rings is 1. The second-order valence-corrected chi connectivity index (χ2v) is 8.43. The van der Waals surface area contributed by atoms with Gasteiger partial charge in [-0.15, -0.1) is 24.0 Å². The first-order chi connectivity index (χ1) is 13.4. The van der Waals surface area contributed by atoms with Crippen molar-refractivity contribution in [1.29, 1.82) is 0 Å². The molecule has 0 bridgehead atoms. The number of guanidine groups is 1. The van der Waals surface area contributed by atoms with Gasteiger partial charge in [-0.3, -0.25) is 4.99 Å². The Bertz CT molecular complexity index is 449. The number of alkyl carbamates (subject to hydrolysis) is 1. The van der Waals surface area contributed by atoms with E-state index in [9.17, 15) is 4.79 Å². The number of aliphatic imine (C=N–C) groups is 1. The summed E-state index contributed by atoms with van der Waals surface area (Å²) in [6, 6.07) is 0. The molecule has 1 saturated heterocycles. The number of carbonyl (C=O) groups is 1. The highest BCUT2D eigenvalue weighted by atomic mass is 127. The minimum Gasteiger partial charge on any atom is -0.444 e. The molecule has 0 unspecified atom stereocenters. The maximum absolute atomic E-state index is 11.6. The van der Waals surface area contributed by atoms with Crippen LogP contribution in [0.2, 0.25) is 0 Å². The lowest BCUT2D eigenvalue weighted by molar-refractivity contribution is 0.0527. The van der Waals surface area contributed by atoms with Crippen LogP contribution in [0.4, 0.5) is 4.79 Å². The van der Waals surface area contributed by atoms with Gasteiger partial charge < -0.3 is 25.6 Å². The molecule has 7 nitrogen and oxygen atoms in total. The Morgan fingerprint density at radius 2 is 1.66 bits per heavy atom. The third-order valence-corrected chi connectivity index (χ3v) is 4.51. The monoisotopic (exact) mass is 525 g/mol. The van der Waals surface area contributed by atoms with Gasteiger partial charge in [-0.2, -0.15) is 0 Å². The molecule has 0 aliphatic carbocycles. The summed E-state index contributed by atoms with van der Waals surface area (Å²) in [6.07, 6.45) is 8.27. The van der Waals surface area contributed by atoms with Crippen LogP contribution in [0, 0.1) is 0 Å². The molecule has 1 fully saturated rings. The van der Waals surface area contributed by atoms with Gasteiger partial charge in [0, 0.05) is 26.2 Å². The van der Waals surface area contributed by atoms with Crippen LogP contribution in [0.1, 0.15) is 72.6 Å². The first-order valence-corrected chi connectivity index (χ1v) is 11.1. The molecule has 0 saturated carbocycles. The molecule has 0 radical (unpaired) electrons. The molecule has 29 heavy (non-hydrogen) atoms. The van der Waals surface area contributed by atoms with E-state index < -0.39 is 5.60 Å². The van der Waals surface area contributed by atoms with Crippen molar-refractivity contribution in [2.75, 3.05) is 45.8 Å². The van der Waals surface area contributed by atoms with Gasteiger partial charge in [0.15, 0.2) is 5.96 Å². The van der Waals surface area contributed by atoms with Crippen LogP contribution in [-0.4, -0.2) is 68.4 Å². The van der Waals surface area contributed by atoms with Gasteiger partial charge >= 0.3 is 6.09 Å². The predicted molar refractivity (Wildman–Crippen MR) is 132 cm³/mol. The second-order valence-electron chi connectivity index (χ2n) is 8.43. The number of ether oxygens (including phenoxy) is 1. The normalized spacial score (nSPS) is 15.4. The Morgan fingerprint density at radius 3 is 2.31 bits per heavy atom. The van der Waals surface area contributed by atoms with Gasteiger partial charge in [0.1, 0.15) is 5.60 Å². The molecule has 8 heteroatoms. The molecular formula is C21H44IN5O2. The highest BCUT2D eigenvalue weighted by Crippen LogP contribution is 2.09. The summed E-state index contributed by atoms with van der Waals surface area (Å²) in [5.41, 5.74) is -0.460. The Labute approximate surface area is 195 Å². The molecule has 172 valence electrons. The van der Waals surface area contributed by atoms with Crippen LogP contribution < -0.4 is 16.0 Å². The summed E-state index contributed by atoms with van der Waals surface area (Å²) < 4.78 is 5.21. The largest absolute Gasteiger partial charge is 0.444 e. The summed E-state index contributed by atoms with van der Waals surface area (Å²) in [6.45, 7) is 14.5. The number of hydrogen-bond acceptors (Lipinski definition) is 4. The number of halogens is 1. The first kappa shape index (κ1) is 28.2. The van der Waals surface area contributed by atoms with Gasteiger partial charge in [-0.1, -0.05) is 12.8 Å². The number of hydrogen-bond donors (Lipinski definition) is 3. The molecule has 0 aromatic carbocycles. The zero-order valence-electron chi connectivity index (χ0n) is 19.0. The van der Waals surface area contributed by atoms with Gasteiger partial charge in [-0.25, -0.2) is 4.79 Å². The van der Waals surface area contributed by atoms with Crippen molar-refractivity contribution in [3.05, 3.63) is 0 Å².